The molecule has 1 saturated heterocycles. The highest BCUT2D eigenvalue weighted by Gasteiger charge is 2.57. The molecular formula is C15H20O3. The quantitative estimate of drug-likeness (QED) is 0.406. The maximum absolute atomic E-state index is 11.7. The molecular weight excluding hydrogens is 228 g/mol. The Kier molecular flexibility index (Phi) is 2.46. The first-order valence-electron chi connectivity index (χ1n) is 6.69. The summed E-state index contributed by atoms with van der Waals surface area (Å²) in [5.41, 5.74) is 1.71. The molecule has 1 heterocycles. The molecule has 4 unspecified atom stereocenters. The number of ether oxygens (including phenoxy) is 1. The van der Waals surface area contributed by atoms with E-state index in [9.17, 15) is 9.90 Å². The molecule has 5 atom stereocenters. The van der Waals surface area contributed by atoms with E-state index in [4.69, 9.17) is 4.74 Å². The van der Waals surface area contributed by atoms with Gasteiger partial charge < -0.3 is 9.84 Å². The van der Waals surface area contributed by atoms with Gasteiger partial charge in [-0.05, 0) is 26.2 Å². The van der Waals surface area contributed by atoms with E-state index in [0.717, 1.165) is 12.8 Å². The van der Waals surface area contributed by atoms with E-state index in [2.05, 4.69) is 26.5 Å². The number of hydrogen-bond donors (Lipinski definition) is 1. The van der Waals surface area contributed by atoms with Gasteiger partial charge in [0.2, 0.25) is 0 Å². The molecule has 2 fully saturated rings. The molecule has 0 aromatic heterocycles. The molecule has 1 N–H and O–H groups in total. The highest BCUT2D eigenvalue weighted by molar-refractivity contribution is 5.91. The molecule has 3 heteroatoms. The zero-order chi connectivity index (χ0) is 13.1. The van der Waals surface area contributed by atoms with E-state index in [0.29, 0.717) is 12.0 Å². The van der Waals surface area contributed by atoms with Crippen LogP contribution in [0.3, 0.4) is 0 Å². The second-order valence-electron chi connectivity index (χ2n) is 6.22. The van der Waals surface area contributed by atoms with E-state index in [1.54, 1.807) is 0 Å². The van der Waals surface area contributed by atoms with Crippen molar-refractivity contribution in [2.24, 2.45) is 17.3 Å². The van der Waals surface area contributed by atoms with E-state index in [-0.39, 0.29) is 35.4 Å². The second kappa shape index (κ2) is 3.70. The minimum absolute atomic E-state index is 0.116. The summed E-state index contributed by atoms with van der Waals surface area (Å²) in [6.45, 7) is 8.09. The Bertz CT molecular complexity index is 451. The van der Waals surface area contributed by atoms with Crippen LogP contribution >= 0.6 is 0 Å². The van der Waals surface area contributed by atoms with Gasteiger partial charge in [-0.1, -0.05) is 25.2 Å². The zero-order valence-electron chi connectivity index (χ0n) is 11.0. The molecule has 0 radical (unpaired) electrons. The average Bonchev–Trinajstić information content (AvgIpc) is 2.60. The maximum atomic E-state index is 11.7. The van der Waals surface area contributed by atoms with Gasteiger partial charge in [-0.25, -0.2) is 4.79 Å². The molecule has 0 aromatic rings. The maximum Gasteiger partial charge on any atom is 0.334 e. The number of carbonyl (C=O) groups is 1. The summed E-state index contributed by atoms with van der Waals surface area (Å²) in [6.07, 6.45) is 4.18. The summed E-state index contributed by atoms with van der Waals surface area (Å²) in [5, 5.41) is 10.3. The predicted molar refractivity (Wildman–Crippen MR) is 67.7 cm³/mol. The summed E-state index contributed by atoms with van der Waals surface area (Å²) >= 11 is 0. The van der Waals surface area contributed by atoms with Crippen molar-refractivity contribution in [3.8, 4) is 0 Å². The van der Waals surface area contributed by atoms with Crippen LogP contribution in [-0.2, 0) is 9.53 Å². The smallest absolute Gasteiger partial charge is 0.334 e. The third kappa shape index (κ3) is 1.37. The summed E-state index contributed by atoms with van der Waals surface area (Å²) in [6, 6.07) is 0. The van der Waals surface area contributed by atoms with E-state index < -0.39 is 0 Å². The molecule has 3 rings (SSSR count). The van der Waals surface area contributed by atoms with Crippen molar-refractivity contribution in [3.05, 3.63) is 23.8 Å². The fourth-order valence-electron chi connectivity index (χ4n) is 4.11. The Morgan fingerprint density at radius 1 is 1.56 bits per heavy atom. The summed E-state index contributed by atoms with van der Waals surface area (Å²) in [7, 11) is 0. The van der Waals surface area contributed by atoms with E-state index in [1.165, 1.54) is 5.57 Å². The fraction of sp³-hybridized carbons (Fsp3) is 0.667. The monoisotopic (exact) mass is 248 g/mol. The minimum Gasteiger partial charge on any atom is -0.458 e. The Hall–Kier alpha value is -1.09. The van der Waals surface area contributed by atoms with Crippen LogP contribution in [0.2, 0.25) is 0 Å². The number of aliphatic hydroxyl groups excluding tert-OH is 1. The van der Waals surface area contributed by atoms with Gasteiger partial charge in [-0.2, -0.15) is 0 Å². The first-order chi connectivity index (χ1) is 8.45. The Labute approximate surface area is 108 Å². The van der Waals surface area contributed by atoms with Gasteiger partial charge in [0.05, 0.1) is 6.10 Å². The highest BCUT2D eigenvalue weighted by atomic mass is 16.6. The summed E-state index contributed by atoms with van der Waals surface area (Å²) in [5.74, 6) is 0.0366. The van der Waals surface area contributed by atoms with E-state index >= 15 is 0 Å². The number of hydrogen-bond acceptors (Lipinski definition) is 3. The van der Waals surface area contributed by atoms with Crippen LogP contribution in [0, 0.1) is 17.3 Å². The molecule has 2 aliphatic carbocycles. The molecule has 98 valence electrons. The molecule has 0 aromatic carbocycles. The lowest BCUT2D eigenvalue weighted by Gasteiger charge is -2.51. The third-order valence-corrected chi connectivity index (χ3v) is 5.30. The Balaban J connectivity index is 2.03. The molecule has 1 saturated carbocycles. The molecule has 0 amide bonds. The third-order valence-electron chi connectivity index (χ3n) is 5.30. The van der Waals surface area contributed by atoms with Crippen molar-refractivity contribution in [1.29, 1.82) is 0 Å². The molecule has 18 heavy (non-hydrogen) atoms. The van der Waals surface area contributed by atoms with Gasteiger partial charge in [0, 0.05) is 22.8 Å². The average molecular weight is 248 g/mol. The lowest BCUT2D eigenvalue weighted by Crippen LogP contribution is -2.52. The fourth-order valence-corrected chi connectivity index (χ4v) is 4.11. The molecule has 3 aliphatic rings. The molecule has 0 bridgehead atoms. The molecule has 0 spiro atoms. The Morgan fingerprint density at radius 3 is 3.00 bits per heavy atom. The van der Waals surface area contributed by atoms with E-state index in [1.807, 2.05) is 0 Å². The van der Waals surface area contributed by atoms with Crippen LogP contribution in [0.15, 0.2) is 23.8 Å². The van der Waals surface area contributed by atoms with Crippen molar-refractivity contribution in [3.63, 3.8) is 0 Å². The van der Waals surface area contributed by atoms with Crippen molar-refractivity contribution in [2.45, 2.75) is 45.3 Å². The van der Waals surface area contributed by atoms with Crippen molar-refractivity contribution >= 4 is 5.97 Å². The van der Waals surface area contributed by atoms with Crippen LogP contribution in [0.1, 0.15) is 33.1 Å². The topological polar surface area (TPSA) is 46.5 Å². The first kappa shape index (κ1) is 12.0. The van der Waals surface area contributed by atoms with Gasteiger partial charge in [-0.3, -0.25) is 0 Å². The van der Waals surface area contributed by atoms with Crippen molar-refractivity contribution in [1.82, 2.24) is 0 Å². The number of aliphatic hydroxyl groups is 1. The summed E-state index contributed by atoms with van der Waals surface area (Å²) < 4.78 is 5.54. The van der Waals surface area contributed by atoms with Gasteiger partial charge in [-0.15, -0.1) is 0 Å². The SMILES string of the molecule is C=C1C(=O)OC2C1CC[C@@]1(C)C(O)CC=C(C)C21. The summed E-state index contributed by atoms with van der Waals surface area (Å²) in [4.78, 5) is 11.7. The largest absolute Gasteiger partial charge is 0.458 e. The predicted octanol–water partition coefficient (Wildman–Crippen LogP) is 2.21. The van der Waals surface area contributed by atoms with Gasteiger partial charge >= 0.3 is 5.97 Å². The van der Waals surface area contributed by atoms with Crippen molar-refractivity contribution in [2.75, 3.05) is 0 Å². The lowest BCUT2D eigenvalue weighted by atomic mass is 9.55. The van der Waals surface area contributed by atoms with Crippen LogP contribution in [0.25, 0.3) is 0 Å². The second-order valence-corrected chi connectivity index (χ2v) is 6.22. The van der Waals surface area contributed by atoms with Crippen molar-refractivity contribution < 1.29 is 14.6 Å². The standard InChI is InChI=1S/C15H20O3/c1-8-4-5-11(16)15(3)7-6-10-9(2)14(17)18-13(10)12(8)15/h4,10-13,16H,2,5-7H2,1,3H3/t10?,11?,12?,13?,15-/m0/s1. The molecule has 1 aliphatic heterocycles. The first-order valence-corrected chi connectivity index (χ1v) is 6.69. The number of carbonyl (C=O) groups excluding carboxylic acids is 1. The minimum atomic E-state index is -0.334. The number of esters is 1. The normalized spacial score (nSPS) is 47.2. The van der Waals surface area contributed by atoms with Crippen LogP contribution < -0.4 is 0 Å². The van der Waals surface area contributed by atoms with Gasteiger partial charge in [0.25, 0.3) is 0 Å². The van der Waals surface area contributed by atoms with Gasteiger partial charge in [0.1, 0.15) is 6.10 Å². The van der Waals surface area contributed by atoms with Crippen LogP contribution in [0.4, 0.5) is 0 Å². The highest BCUT2D eigenvalue weighted by Crippen LogP contribution is 2.56. The van der Waals surface area contributed by atoms with Gasteiger partial charge in [0.15, 0.2) is 0 Å². The van der Waals surface area contributed by atoms with Crippen LogP contribution in [-0.4, -0.2) is 23.3 Å². The Morgan fingerprint density at radius 2 is 2.28 bits per heavy atom. The lowest BCUT2D eigenvalue weighted by molar-refractivity contribution is -0.149. The van der Waals surface area contributed by atoms with Crippen LogP contribution in [0.5, 0.6) is 0 Å². The molecule has 3 nitrogen and oxygen atoms in total. The number of fused-ring (bicyclic) bond motifs is 3. The number of rotatable bonds is 0. The zero-order valence-corrected chi connectivity index (χ0v) is 11.0.